The molecule has 3 aromatic rings. The van der Waals surface area contributed by atoms with Gasteiger partial charge in [-0.05, 0) is 35.4 Å². The van der Waals surface area contributed by atoms with Gasteiger partial charge in [0.25, 0.3) is 5.91 Å². The van der Waals surface area contributed by atoms with Crippen molar-refractivity contribution in [3.05, 3.63) is 89.0 Å². The summed E-state index contributed by atoms with van der Waals surface area (Å²) < 4.78 is 8.10. The first-order valence-corrected chi connectivity index (χ1v) is 12.9. The molecule has 1 atom stereocenters. The predicted molar refractivity (Wildman–Crippen MR) is 137 cm³/mol. The second-order valence-corrected chi connectivity index (χ2v) is 10.1. The first kappa shape index (κ1) is 24.3. The zero-order valence-electron chi connectivity index (χ0n) is 21.0. The Labute approximate surface area is 212 Å². The molecule has 2 aliphatic heterocycles. The molecular weight excluding hydrogens is 452 g/mol. The molecule has 36 heavy (non-hydrogen) atoms. The molecule has 188 valence electrons. The third-order valence-electron chi connectivity index (χ3n) is 7.37. The van der Waals surface area contributed by atoms with E-state index in [9.17, 15) is 9.59 Å². The van der Waals surface area contributed by atoms with Gasteiger partial charge in [-0.25, -0.2) is 4.98 Å². The number of aromatic nitrogens is 2. The summed E-state index contributed by atoms with van der Waals surface area (Å²) in [4.78, 5) is 32.3. The van der Waals surface area contributed by atoms with Crippen molar-refractivity contribution in [1.29, 1.82) is 0 Å². The van der Waals surface area contributed by atoms with Gasteiger partial charge in [-0.15, -0.1) is 0 Å². The van der Waals surface area contributed by atoms with Crippen LogP contribution in [-0.2, 0) is 29.2 Å². The lowest BCUT2D eigenvalue weighted by Gasteiger charge is -2.31. The van der Waals surface area contributed by atoms with Crippen molar-refractivity contribution in [2.45, 2.75) is 58.4 Å². The third kappa shape index (κ3) is 5.21. The van der Waals surface area contributed by atoms with Crippen molar-refractivity contribution in [2.24, 2.45) is 5.92 Å². The minimum atomic E-state index is -0.0744. The van der Waals surface area contributed by atoms with Gasteiger partial charge < -0.3 is 19.5 Å². The number of rotatable bonds is 6. The molecule has 0 spiro atoms. The molecule has 7 heteroatoms. The van der Waals surface area contributed by atoms with E-state index in [1.807, 2.05) is 27.7 Å². The smallest absolute Gasteiger partial charge is 0.274 e. The molecule has 7 nitrogen and oxygen atoms in total. The van der Waals surface area contributed by atoms with Crippen molar-refractivity contribution in [1.82, 2.24) is 19.8 Å². The first-order valence-electron chi connectivity index (χ1n) is 12.9. The summed E-state index contributed by atoms with van der Waals surface area (Å²) in [6, 6.07) is 18.5. The number of carbonyl (C=O) groups is 2. The summed E-state index contributed by atoms with van der Waals surface area (Å²) in [5, 5.41) is 3.07. The van der Waals surface area contributed by atoms with Crippen LogP contribution in [0.5, 0.6) is 0 Å². The number of benzene rings is 2. The number of amides is 2. The van der Waals surface area contributed by atoms with Crippen LogP contribution >= 0.6 is 0 Å². The molecular formula is C29H34N4O3. The molecule has 1 saturated heterocycles. The maximum Gasteiger partial charge on any atom is 0.274 e. The van der Waals surface area contributed by atoms with E-state index in [4.69, 9.17) is 4.74 Å². The normalized spacial score (nSPS) is 18.2. The highest BCUT2D eigenvalue weighted by atomic mass is 16.5. The molecule has 1 aromatic heterocycles. The molecule has 0 saturated carbocycles. The Bertz CT molecular complexity index is 1200. The Morgan fingerprint density at radius 1 is 1.06 bits per heavy atom. The summed E-state index contributed by atoms with van der Waals surface area (Å²) in [6.45, 7) is 6.98. The molecule has 1 fully saturated rings. The number of hydrogen-bond donors (Lipinski definition) is 1. The lowest BCUT2D eigenvalue weighted by molar-refractivity contribution is -0.126. The van der Waals surface area contributed by atoms with Gasteiger partial charge in [0.05, 0.1) is 25.2 Å². The Morgan fingerprint density at radius 2 is 1.78 bits per heavy atom. The molecule has 1 N–H and O–H groups in total. The highest BCUT2D eigenvalue weighted by Crippen LogP contribution is 2.29. The summed E-state index contributed by atoms with van der Waals surface area (Å²) in [5.41, 5.74) is 4.81. The molecule has 2 aliphatic rings. The minimum Gasteiger partial charge on any atom is -0.365 e. The zero-order valence-corrected chi connectivity index (χ0v) is 21.0. The molecule has 2 amide bonds. The Balaban J connectivity index is 1.13. The van der Waals surface area contributed by atoms with Crippen LogP contribution in [0.4, 0.5) is 0 Å². The minimum absolute atomic E-state index is 0.0433. The van der Waals surface area contributed by atoms with E-state index in [1.165, 1.54) is 5.56 Å². The first-order chi connectivity index (χ1) is 17.5. The fourth-order valence-electron chi connectivity index (χ4n) is 5.02. The number of nitrogens with one attached hydrogen (secondary N) is 1. The number of imidazole rings is 1. The van der Waals surface area contributed by atoms with Crippen molar-refractivity contribution in [3.8, 4) is 0 Å². The predicted octanol–water partition coefficient (Wildman–Crippen LogP) is 4.45. The number of fused-ring (bicyclic) bond motifs is 1. The van der Waals surface area contributed by atoms with Crippen LogP contribution in [0.1, 0.15) is 71.6 Å². The average Bonchev–Trinajstić information content (AvgIpc) is 3.35. The average molecular weight is 487 g/mol. The topological polar surface area (TPSA) is 76.5 Å². The summed E-state index contributed by atoms with van der Waals surface area (Å²) in [5.74, 6) is 0.409. The van der Waals surface area contributed by atoms with Crippen molar-refractivity contribution >= 4 is 11.8 Å². The van der Waals surface area contributed by atoms with E-state index in [-0.39, 0.29) is 23.8 Å². The van der Waals surface area contributed by atoms with E-state index in [2.05, 4.69) is 60.5 Å². The molecule has 0 aliphatic carbocycles. The molecule has 0 unspecified atom stereocenters. The summed E-state index contributed by atoms with van der Waals surface area (Å²) >= 11 is 0. The second-order valence-electron chi connectivity index (χ2n) is 10.1. The van der Waals surface area contributed by atoms with Gasteiger partial charge in [0.2, 0.25) is 5.91 Å². The number of nitrogens with zero attached hydrogens (tertiary/aromatic N) is 3. The Kier molecular flexibility index (Phi) is 7.18. The fourth-order valence-corrected chi connectivity index (χ4v) is 5.02. The van der Waals surface area contributed by atoms with Gasteiger partial charge in [-0.1, -0.05) is 68.4 Å². The van der Waals surface area contributed by atoms with Gasteiger partial charge in [-0.2, -0.15) is 0 Å². The zero-order chi connectivity index (χ0) is 25.1. The van der Waals surface area contributed by atoms with E-state index in [1.54, 1.807) is 6.33 Å². The van der Waals surface area contributed by atoms with Crippen LogP contribution in [0.25, 0.3) is 0 Å². The van der Waals surface area contributed by atoms with Crippen molar-refractivity contribution in [3.63, 3.8) is 0 Å². The summed E-state index contributed by atoms with van der Waals surface area (Å²) in [6.07, 6.45) is 3.02. The highest BCUT2D eigenvalue weighted by molar-refractivity contribution is 5.93. The molecule has 0 bridgehead atoms. The third-order valence-corrected chi connectivity index (χ3v) is 7.37. The van der Waals surface area contributed by atoms with Crippen LogP contribution in [0.3, 0.4) is 0 Å². The maximum atomic E-state index is 13.2. The monoisotopic (exact) mass is 486 g/mol. The maximum absolute atomic E-state index is 13.2. The molecule has 5 rings (SSSR count). The van der Waals surface area contributed by atoms with Crippen LogP contribution in [0, 0.1) is 5.92 Å². The number of ether oxygens (including phenoxy) is 1. The van der Waals surface area contributed by atoms with E-state index in [0.29, 0.717) is 57.2 Å². The van der Waals surface area contributed by atoms with Gasteiger partial charge in [0.1, 0.15) is 6.10 Å². The van der Waals surface area contributed by atoms with Crippen LogP contribution in [-0.4, -0.2) is 39.4 Å². The summed E-state index contributed by atoms with van der Waals surface area (Å²) in [7, 11) is 0. The van der Waals surface area contributed by atoms with Gasteiger partial charge >= 0.3 is 0 Å². The van der Waals surface area contributed by atoms with Gasteiger partial charge in [-0.3, -0.25) is 9.59 Å². The highest BCUT2D eigenvalue weighted by Gasteiger charge is 2.32. The van der Waals surface area contributed by atoms with Crippen LogP contribution in [0.2, 0.25) is 0 Å². The Hall–Kier alpha value is -3.45. The van der Waals surface area contributed by atoms with E-state index >= 15 is 0 Å². The lowest BCUT2D eigenvalue weighted by atomic mass is 9.95. The lowest BCUT2D eigenvalue weighted by Crippen LogP contribution is -2.43. The van der Waals surface area contributed by atoms with Crippen LogP contribution < -0.4 is 5.32 Å². The second kappa shape index (κ2) is 10.7. The number of hydrogen-bond acceptors (Lipinski definition) is 4. The molecule has 0 radical (unpaired) electrons. The molecule has 2 aromatic carbocycles. The van der Waals surface area contributed by atoms with Crippen LogP contribution in [0.15, 0.2) is 60.9 Å². The quantitative estimate of drug-likeness (QED) is 0.559. The number of likely N-dealkylation sites (tertiary alicyclic amines) is 1. The number of carbonyl (C=O) groups excluding carboxylic acids is 2. The largest absolute Gasteiger partial charge is 0.365 e. The molecule has 3 heterocycles. The standard InChI is InChI=1S/C29H34N4O3/c1-20(2)22-10-8-21(9-11-22)16-30-28(34)24-12-14-32(15-13-24)29(35)27-25-18-36-26(17-33(25)19-31-27)23-6-4-3-5-7-23/h3-11,19-20,24,26H,12-18H2,1-2H3,(H,30,34)/t26-/m0/s1. The van der Waals surface area contributed by atoms with Crippen molar-refractivity contribution < 1.29 is 14.3 Å². The van der Waals surface area contributed by atoms with E-state index in [0.717, 1.165) is 16.8 Å². The number of piperidine rings is 1. The van der Waals surface area contributed by atoms with Crippen molar-refractivity contribution in [2.75, 3.05) is 13.1 Å². The Morgan fingerprint density at radius 3 is 2.47 bits per heavy atom. The van der Waals surface area contributed by atoms with Gasteiger partial charge in [0.15, 0.2) is 5.69 Å². The van der Waals surface area contributed by atoms with Gasteiger partial charge in [0, 0.05) is 25.6 Å². The fraction of sp³-hybridized carbons (Fsp3) is 0.414. The SMILES string of the molecule is CC(C)c1ccc(CNC(=O)C2CCN(C(=O)c3ncn4c3CO[C@H](c3ccccc3)C4)CC2)cc1. The van der Waals surface area contributed by atoms with E-state index < -0.39 is 0 Å².